The SMILES string of the molecule is C/C(=C\C=C(/C)c1ccc(C)c(NCC(C)C)c1)c1ccc(C(C)C)cc1. The van der Waals surface area contributed by atoms with Crippen molar-refractivity contribution in [2.24, 2.45) is 5.92 Å². The smallest absolute Gasteiger partial charge is 0.0376 e. The van der Waals surface area contributed by atoms with Gasteiger partial charge < -0.3 is 5.32 Å². The van der Waals surface area contributed by atoms with Crippen LogP contribution in [0.3, 0.4) is 0 Å². The predicted octanol–water partition coefficient (Wildman–Crippen LogP) is 7.69. The molecule has 0 heterocycles. The fraction of sp³-hybridized carbons (Fsp3) is 0.385. The lowest BCUT2D eigenvalue weighted by Gasteiger charge is -2.13. The molecule has 0 saturated heterocycles. The van der Waals surface area contributed by atoms with Crippen LogP contribution in [0.15, 0.2) is 54.6 Å². The summed E-state index contributed by atoms with van der Waals surface area (Å²) in [7, 11) is 0. The molecule has 0 fully saturated rings. The van der Waals surface area contributed by atoms with Crippen molar-refractivity contribution in [2.75, 3.05) is 11.9 Å². The first kappa shape index (κ1) is 21.0. The Kier molecular flexibility index (Phi) is 7.47. The largest absolute Gasteiger partial charge is 0.385 e. The first-order chi connectivity index (χ1) is 12.8. The molecule has 0 saturated carbocycles. The van der Waals surface area contributed by atoms with E-state index in [-0.39, 0.29) is 0 Å². The highest BCUT2D eigenvalue weighted by Crippen LogP contribution is 2.24. The monoisotopic (exact) mass is 361 g/mol. The van der Waals surface area contributed by atoms with Gasteiger partial charge in [0.25, 0.3) is 0 Å². The number of nitrogens with one attached hydrogen (secondary N) is 1. The van der Waals surface area contributed by atoms with Crippen LogP contribution in [-0.2, 0) is 0 Å². The predicted molar refractivity (Wildman–Crippen MR) is 122 cm³/mol. The summed E-state index contributed by atoms with van der Waals surface area (Å²) in [6, 6.07) is 15.6. The van der Waals surface area contributed by atoms with Gasteiger partial charge in [0, 0.05) is 12.2 Å². The van der Waals surface area contributed by atoms with E-state index in [9.17, 15) is 0 Å². The zero-order valence-electron chi connectivity index (χ0n) is 18.1. The molecule has 0 spiro atoms. The fourth-order valence-corrected chi connectivity index (χ4v) is 2.95. The van der Waals surface area contributed by atoms with Crippen molar-refractivity contribution in [2.45, 2.75) is 54.4 Å². The van der Waals surface area contributed by atoms with Crippen molar-refractivity contribution < 1.29 is 0 Å². The van der Waals surface area contributed by atoms with Gasteiger partial charge in [0.1, 0.15) is 0 Å². The Morgan fingerprint density at radius 3 is 1.96 bits per heavy atom. The van der Waals surface area contributed by atoms with Crippen LogP contribution in [0.5, 0.6) is 0 Å². The quantitative estimate of drug-likeness (QED) is 0.498. The highest BCUT2D eigenvalue weighted by atomic mass is 14.9. The standard InChI is InChI=1S/C26H35N/c1-18(2)17-27-26-16-25(11-10-22(26)7)21(6)9-8-20(5)24-14-12-23(13-15-24)19(3)4/h8-16,18-19,27H,17H2,1-7H3/b20-8+,21-9+. The molecule has 0 radical (unpaired) electrons. The van der Waals surface area contributed by atoms with Crippen LogP contribution in [0.2, 0.25) is 0 Å². The van der Waals surface area contributed by atoms with E-state index in [1.165, 1.54) is 39.1 Å². The zero-order valence-corrected chi connectivity index (χ0v) is 18.1. The van der Waals surface area contributed by atoms with Crippen molar-refractivity contribution in [1.29, 1.82) is 0 Å². The van der Waals surface area contributed by atoms with Crippen LogP contribution in [0.25, 0.3) is 11.1 Å². The second-order valence-electron chi connectivity index (χ2n) is 8.28. The third kappa shape index (κ3) is 6.13. The molecule has 144 valence electrons. The Morgan fingerprint density at radius 1 is 0.852 bits per heavy atom. The van der Waals surface area contributed by atoms with Crippen LogP contribution in [0, 0.1) is 12.8 Å². The van der Waals surface area contributed by atoms with E-state index in [1.807, 2.05) is 0 Å². The second kappa shape index (κ2) is 9.60. The summed E-state index contributed by atoms with van der Waals surface area (Å²) in [6.45, 7) is 16.5. The topological polar surface area (TPSA) is 12.0 Å². The maximum atomic E-state index is 3.57. The molecule has 2 aromatic carbocycles. The Bertz CT molecular complexity index is 805. The normalized spacial score (nSPS) is 12.8. The molecular formula is C26H35N. The molecule has 0 amide bonds. The van der Waals surface area contributed by atoms with Gasteiger partial charge >= 0.3 is 0 Å². The van der Waals surface area contributed by atoms with Crippen molar-refractivity contribution in [3.8, 4) is 0 Å². The van der Waals surface area contributed by atoms with Gasteiger partial charge in [-0.15, -0.1) is 0 Å². The molecule has 27 heavy (non-hydrogen) atoms. The minimum atomic E-state index is 0.575. The van der Waals surface area contributed by atoms with Crippen LogP contribution in [0.4, 0.5) is 5.69 Å². The van der Waals surface area contributed by atoms with Gasteiger partial charge in [-0.25, -0.2) is 0 Å². The van der Waals surface area contributed by atoms with E-state index >= 15 is 0 Å². The third-order valence-electron chi connectivity index (χ3n) is 5.01. The molecule has 2 aromatic rings. The summed E-state index contributed by atoms with van der Waals surface area (Å²) in [6.07, 6.45) is 4.45. The van der Waals surface area contributed by atoms with Gasteiger partial charge in [0.05, 0.1) is 0 Å². The van der Waals surface area contributed by atoms with Crippen LogP contribution in [0.1, 0.15) is 69.7 Å². The number of aryl methyl sites for hydroxylation is 1. The summed E-state index contributed by atoms with van der Waals surface area (Å²) in [5.41, 5.74) is 9.04. The van der Waals surface area contributed by atoms with Gasteiger partial charge in [-0.3, -0.25) is 0 Å². The summed E-state index contributed by atoms with van der Waals surface area (Å²) in [5.74, 6) is 1.21. The molecule has 0 bridgehead atoms. The molecule has 1 N–H and O–H groups in total. The maximum Gasteiger partial charge on any atom is 0.0376 e. The average molecular weight is 362 g/mol. The second-order valence-corrected chi connectivity index (χ2v) is 8.28. The molecule has 0 aromatic heterocycles. The van der Waals surface area contributed by atoms with E-state index < -0.39 is 0 Å². The lowest BCUT2D eigenvalue weighted by atomic mass is 9.98. The van der Waals surface area contributed by atoms with Crippen LogP contribution in [-0.4, -0.2) is 6.54 Å². The number of rotatable bonds is 7. The number of hydrogen-bond acceptors (Lipinski definition) is 1. The molecular weight excluding hydrogens is 326 g/mol. The Morgan fingerprint density at radius 2 is 1.41 bits per heavy atom. The Balaban J connectivity index is 2.18. The minimum absolute atomic E-state index is 0.575. The maximum absolute atomic E-state index is 3.57. The highest BCUT2D eigenvalue weighted by molar-refractivity contribution is 5.73. The number of allylic oxidation sites excluding steroid dienone is 4. The number of anilines is 1. The lowest BCUT2D eigenvalue weighted by molar-refractivity contribution is 0.688. The molecule has 0 aliphatic rings. The van der Waals surface area contributed by atoms with Crippen LogP contribution >= 0.6 is 0 Å². The van der Waals surface area contributed by atoms with E-state index in [4.69, 9.17) is 0 Å². The van der Waals surface area contributed by atoms with E-state index in [0.717, 1.165) is 6.54 Å². The molecule has 0 aliphatic heterocycles. The van der Waals surface area contributed by atoms with E-state index in [0.29, 0.717) is 11.8 Å². The van der Waals surface area contributed by atoms with Gasteiger partial charge in [0.15, 0.2) is 0 Å². The zero-order chi connectivity index (χ0) is 20.0. The molecule has 1 heteroatoms. The summed E-state index contributed by atoms with van der Waals surface area (Å²) in [5, 5.41) is 3.57. The van der Waals surface area contributed by atoms with Crippen molar-refractivity contribution in [1.82, 2.24) is 0 Å². The van der Waals surface area contributed by atoms with Gasteiger partial charge in [-0.05, 0) is 72.1 Å². The first-order valence-corrected chi connectivity index (χ1v) is 10.1. The van der Waals surface area contributed by atoms with Gasteiger partial charge in [-0.2, -0.15) is 0 Å². The molecule has 1 nitrogen and oxygen atoms in total. The first-order valence-electron chi connectivity index (χ1n) is 10.1. The van der Waals surface area contributed by atoms with Gasteiger partial charge in [-0.1, -0.05) is 76.2 Å². The van der Waals surface area contributed by atoms with E-state index in [2.05, 4.69) is 108 Å². The van der Waals surface area contributed by atoms with Crippen LogP contribution < -0.4 is 5.32 Å². The highest BCUT2D eigenvalue weighted by Gasteiger charge is 2.03. The minimum Gasteiger partial charge on any atom is -0.385 e. The summed E-state index contributed by atoms with van der Waals surface area (Å²) < 4.78 is 0. The van der Waals surface area contributed by atoms with Crippen molar-refractivity contribution in [3.63, 3.8) is 0 Å². The molecule has 0 aliphatic carbocycles. The number of hydrogen-bond donors (Lipinski definition) is 1. The summed E-state index contributed by atoms with van der Waals surface area (Å²) in [4.78, 5) is 0. The lowest BCUT2D eigenvalue weighted by Crippen LogP contribution is -2.09. The molecule has 0 atom stereocenters. The molecule has 2 rings (SSSR count). The Hall–Kier alpha value is -2.28. The fourth-order valence-electron chi connectivity index (χ4n) is 2.95. The Labute approximate surface area is 166 Å². The third-order valence-corrected chi connectivity index (χ3v) is 5.01. The van der Waals surface area contributed by atoms with Gasteiger partial charge in [0.2, 0.25) is 0 Å². The van der Waals surface area contributed by atoms with Crippen molar-refractivity contribution >= 4 is 16.8 Å². The van der Waals surface area contributed by atoms with Crippen molar-refractivity contribution in [3.05, 3.63) is 76.9 Å². The average Bonchev–Trinajstić information content (AvgIpc) is 2.65. The molecule has 0 unspecified atom stereocenters. The summed E-state index contributed by atoms with van der Waals surface area (Å²) >= 11 is 0. The van der Waals surface area contributed by atoms with E-state index in [1.54, 1.807) is 0 Å². The number of benzene rings is 2.